The van der Waals surface area contributed by atoms with E-state index < -0.39 is 28.0 Å². The number of aryl methyl sites for hydroxylation is 1. The topological polar surface area (TPSA) is 102 Å². The number of anilines is 2. The molecule has 0 unspecified atom stereocenters. The molecule has 1 atom stereocenters. The number of esters is 1. The Labute approximate surface area is 173 Å². The Bertz CT molecular complexity index is 1090. The van der Waals surface area contributed by atoms with E-state index in [2.05, 4.69) is 10.1 Å². The van der Waals surface area contributed by atoms with E-state index in [0.29, 0.717) is 5.69 Å². The third kappa shape index (κ3) is 4.46. The van der Waals surface area contributed by atoms with Crippen LogP contribution in [0.3, 0.4) is 0 Å². The molecule has 8 nitrogen and oxygen atoms in total. The Balaban J connectivity index is 1.89. The van der Waals surface area contributed by atoms with Crippen molar-refractivity contribution in [2.45, 2.75) is 13.0 Å². The Kier molecular flexibility index (Phi) is 5.72. The molecule has 1 heterocycles. The van der Waals surface area contributed by atoms with Gasteiger partial charge in [-0.1, -0.05) is 17.7 Å². The zero-order chi connectivity index (χ0) is 21.3. The van der Waals surface area contributed by atoms with Crippen molar-refractivity contribution in [1.82, 2.24) is 0 Å². The number of fused-ring (bicyclic) bond motifs is 1. The van der Waals surface area contributed by atoms with E-state index in [9.17, 15) is 18.0 Å². The van der Waals surface area contributed by atoms with Gasteiger partial charge in [-0.05, 0) is 42.8 Å². The Morgan fingerprint density at radius 3 is 2.62 bits per heavy atom. The number of ether oxygens (including phenoxy) is 2. The lowest BCUT2D eigenvalue weighted by Crippen LogP contribution is -2.48. The summed E-state index contributed by atoms with van der Waals surface area (Å²) in [7, 11) is -2.40. The van der Waals surface area contributed by atoms with Gasteiger partial charge in [0.2, 0.25) is 10.0 Å². The molecular formula is C19H19ClN2O6S. The largest absolute Gasteiger partial charge is 0.476 e. The standard InChI is InChI=1S/C19H19ClN2O6S/c1-11-4-7-16-15(8-11)22(29(3,25)26)10-17(28-16)18(23)21-14-9-12(19(24)27-2)5-6-13(14)20/h4-9,17H,10H2,1-3H3,(H,21,23)/t17-/m0/s1. The lowest BCUT2D eigenvalue weighted by atomic mass is 10.1. The van der Waals surface area contributed by atoms with Gasteiger partial charge in [0.05, 0.1) is 41.9 Å². The maximum absolute atomic E-state index is 12.8. The van der Waals surface area contributed by atoms with Crippen molar-refractivity contribution < 1.29 is 27.5 Å². The van der Waals surface area contributed by atoms with Crippen molar-refractivity contribution >= 4 is 44.9 Å². The third-order valence-electron chi connectivity index (χ3n) is 4.32. The normalized spacial score (nSPS) is 15.9. The molecule has 3 rings (SSSR count). The second-order valence-corrected chi connectivity index (χ2v) is 8.86. The van der Waals surface area contributed by atoms with E-state index in [1.807, 2.05) is 6.92 Å². The Morgan fingerprint density at radius 2 is 1.97 bits per heavy atom. The van der Waals surface area contributed by atoms with E-state index in [4.69, 9.17) is 16.3 Å². The number of methoxy groups -OCH3 is 1. The summed E-state index contributed by atoms with van der Waals surface area (Å²) >= 11 is 6.11. The predicted molar refractivity (Wildman–Crippen MR) is 109 cm³/mol. The molecular weight excluding hydrogens is 420 g/mol. The minimum Gasteiger partial charge on any atom is -0.476 e. The molecule has 154 valence electrons. The molecule has 1 aliphatic heterocycles. The third-order valence-corrected chi connectivity index (χ3v) is 5.80. The molecule has 0 radical (unpaired) electrons. The molecule has 2 aromatic carbocycles. The fourth-order valence-electron chi connectivity index (χ4n) is 2.89. The summed E-state index contributed by atoms with van der Waals surface area (Å²) in [5, 5.41) is 2.79. The first-order valence-electron chi connectivity index (χ1n) is 8.54. The van der Waals surface area contributed by atoms with Crippen LogP contribution in [0.25, 0.3) is 0 Å². The van der Waals surface area contributed by atoms with Crippen molar-refractivity contribution in [2.75, 3.05) is 29.5 Å². The van der Waals surface area contributed by atoms with Crippen LogP contribution < -0.4 is 14.4 Å². The number of amides is 1. The monoisotopic (exact) mass is 438 g/mol. The van der Waals surface area contributed by atoms with Gasteiger partial charge in [-0.25, -0.2) is 13.2 Å². The second-order valence-electron chi connectivity index (χ2n) is 6.55. The van der Waals surface area contributed by atoms with Crippen LogP contribution in [0.15, 0.2) is 36.4 Å². The van der Waals surface area contributed by atoms with Crippen LogP contribution in [-0.4, -0.2) is 46.3 Å². The van der Waals surface area contributed by atoms with Crippen LogP contribution in [-0.2, 0) is 19.6 Å². The summed E-state index contributed by atoms with van der Waals surface area (Å²) in [4.78, 5) is 24.5. The van der Waals surface area contributed by atoms with Crippen LogP contribution in [0.4, 0.5) is 11.4 Å². The lowest BCUT2D eigenvalue weighted by molar-refractivity contribution is -0.122. The highest BCUT2D eigenvalue weighted by Gasteiger charge is 2.35. The zero-order valence-electron chi connectivity index (χ0n) is 15.9. The number of carbonyl (C=O) groups is 2. The van der Waals surface area contributed by atoms with Gasteiger partial charge in [0.15, 0.2) is 6.10 Å². The molecule has 0 aromatic heterocycles. The van der Waals surface area contributed by atoms with Crippen LogP contribution in [0.5, 0.6) is 5.75 Å². The number of nitrogens with zero attached hydrogens (tertiary/aromatic N) is 1. The Morgan fingerprint density at radius 1 is 1.24 bits per heavy atom. The predicted octanol–water partition coefficient (Wildman–Crippen LogP) is 2.60. The van der Waals surface area contributed by atoms with Crippen molar-refractivity contribution in [1.29, 1.82) is 0 Å². The average Bonchev–Trinajstić information content (AvgIpc) is 2.67. The molecule has 10 heteroatoms. The highest BCUT2D eigenvalue weighted by molar-refractivity contribution is 7.92. The number of nitrogens with one attached hydrogen (secondary N) is 1. The quantitative estimate of drug-likeness (QED) is 0.736. The number of hydrogen-bond donors (Lipinski definition) is 1. The van der Waals surface area contributed by atoms with E-state index in [-0.39, 0.29) is 28.6 Å². The average molecular weight is 439 g/mol. The SMILES string of the molecule is COC(=O)c1ccc(Cl)c(NC(=O)[C@@H]2CN(S(C)(=O)=O)c3cc(C)ccc3O2)c1. The molecule has 0 spiro atoms. The maximum Gasteiger partial charge on any atom is 0.337 e. The van der Waals surface area contributed by atoms with Gasteiger partial charge in [-0.3, -0.25) is 9.10 Å². The first-order chi connectivity index (χ1) is 13.6. The molecule has 0 saturated heterocycles. The van der Waals surface area contributed by atoms with Crippen LogP contribution >= 0.6 is 11.6 Å². The van der Waals surface area contributed by atoms with Crippen molar-refractivity contribution in [2.24, 2.45) is 0 Å². The van der Waals surface area contributed by atoms with Crippen molar-refractivity contribution in [3.05, 3.63) is 52.5 Å². The maximum atomic E-state index is 12.8. The van der Waals surface area contributed by atoms with Crippen LogP contribution in [0, 0.1) is 6.92 Å². The molecule has 29 heavy (non-hydrogen) atoms. The summed E-state index contributed by atoms with van der Waals surface area (Å²) in [5.74, 6) is -0.908. The fourth-order valence-corrected chi connectivity index (χ4v) is 3.96. The number of hydrogen-bond acceptors (Lipinski definition) is 6. The van der Waals surface area contributed by atoms with E-state index >= 15 is 0 Å². The summed E-state index contributed by atoms with van der Waals surface area (Å²) in [5.41, 5.74) is 1.62. The highest BCUT2D eigenvalue weighted by Crippen LogP contribution is 2.36. The van der Waals surface area contributed by atoms with Crippen molar-refractivity contribution in [3.8, 4) is 5.75 Å². The summed E-state index contributed by atoms with van der Waals surface area (Å²) in [6, 6.07) is 9.35. The lowest BCUT2D eigenvalue weighted by Gasteiger charge is -2.34. The summed E-state index contributed by atoms with van der Waals surface area (Å²) < 4.78 is 36.0. The van der Waals surface area contributed by atoms with Crippen molar-refractivity contribution in [3.63, 3.8) is 0 Å². The molecule has 1 aliphatic rings. The number of rotatable bonds is 4. The minimum absolute atomic E-state index is 0.184. The van der Waals surface area contributed by atoms with Gasteiger partial charge >= 0.3 is 5.97 Å². The number of halogens is 1. The van der Waals surface area contributed by atoms with E-state index in [0.717, 1.165) is 16.1 Å². The first kappa shape index (κ1) is 20.9. The number of sulfonamides is 1. The molecule has 2 aromatic rings. The molecule has 0 saturated carbocycles. The van der Waals surface area contributed by atoms with Gasteiger partial charge in [-0.15, -0.1) is 0 Å². The molecule has 0 bridgehead atoms. The zero-order valence-corrected chi connectivity index (χ0v) is 17.5. The second kappa shape index (κ2) is 7.92. The van der Waals surface area contributed by atoms with Gasteiger partial charge in [0.25, 0.3) is 5.91 Å². The van der Waals surface area contributed by atoms with Crippen LogP contribution in [0.2, 0.25) is 5.02 Å². The summed E-state index contributed by atoms with van der Waals surface area (Å²) in [6.45, 7) is 1.63. The van der Waals surface area contributed by atoms with E-state index in [1.165, 1.54) is 25.3 Å². The fraction of sp³-hybridized carbons (Fsp3) is 0.263. The molecule has 0 aliphatic carbocycles. The highest BCUT2D eigenvalue weighted by atomic mass is 35.5. The van der Waals surface area contributed by atoms with Crippen LogP contribution in [0.1, 0.15) is 15.9 Å². The Hall–Kier alpha value is -2.78. The summed E-state index contributed by atoms with van der Waals surface area (Å²) in [6.07, 6.45) is -0.0476. The molecule has 1 N–H and O–H groups in total. The molecule has 0 fully saturated rings. The smallest absolute Gasteiger partial charge is 0.337 e. The van der Waals surface area contributed by atoms with E-state index in [1.54, 1.807) is 18.2 Å². The molecule has 1 amide bonds. The first-order valence-corrected chi connectivity index (χ1v) is 10.8. The van der Waals surface area contributed by atoms with Gasteiger partial charge in [0, 0.05) is 0 Å². The van der Waals surface area contributed by atoms with Gasteiger partial charge in [-0.2, -0.15) is 0 Å². The number of carbonyl (C=O) groups excluding carboxylic acids is 2. The van der Waals surface area contributed by atoms with Gasteiger partial charge in [0.1, 0.15) is 5.75 Å². The number of benzene rings is 2. The van der Waals surface area contributed by atoms with Gasteiger partial charge < -0.3 is 14.8 Å². The minimum atomic E-state index is -3.64.